The number of nitrogens with zero attached hydrogens (tertiary/aromatic N) is 1. The molecular formula is C14H28N2O3. The number of nitrogens with one attached hydrogen (secondary N) is 1. The number of carbonyl (C=O) groups is 1. The van der Waals surface area contributed by atoms with Crippen LogP contribution >= 0.6 is 0 Å². The van der Waals surface area contributed by atoms with Crippen molar-refractivity contribution in [2.75, 3.05) is 33.9 Å². The lowest BCUT2D eigenvalue weighted by atomic mass is 9.84. The fourth-order valence-corrected chi connectivity index (χ4v) is 2.46. The monoisotopic (exact) mass is 272 g/mol. The molecule has 1 N–H and O–H groups in total. The smallest absolute Gasteiger partial charge is 0.410 e. The highest BCUT2D eigenvalue weighted by Gasteiger charge is 2.39. The molecule has 0 aromatic carbocycles. The van der Waals surface area contributed by atoms with E-state index in [0.717, 1.165) is 32.4 Å². The lowest BCUT2D eigenvalue weighted by Crippen LogP contribution is -2.56. The number of hydrogen-bond donors (Lipinski definition) is 1. The highest BCUT2D eigenvalue weighted by Crippen LogP contribution is 2.30. The summed E-state index contributed by atoms with van der Waals surface area (Å²) in [6, 6.07) is 0. The Balaban J connectivity index is 2.75. The Hall–Kier alpha value is -0.810. The zero-order chi connectivity index (χ0) is 14.5. The summed E-state index contributed by atoms with van der Waals surface area (Å²) in [6.07, 6.45) is 2.48. The van der Waals surface area contributed by atoms with Crippen molar-refractivity contribution in [2.24, 2.45) is 0 Å². The van der Waals surface area contributed by atoms with Crippen LogP contribution in [-0.4, -0.2) is 56.0 Å². The van der Waals surface area contributed by atoms with Crippen LogP contribution in [0.1, 0.15) is 40.0 Å². The molecule has 1 rings (SSSR count). The van der Waals surface area contributed by atoms with Gasteiger partial charge in [0.15, 0.2) is 0 Å². The predicted molar refractivity (Wildman–Crippen MR) is 75.3 cm³/mol. The van der Waals surface area contributed by atoms with Crippen LogP contribution < -0.4 is 5.32 Å². The maximum Gasteiger partial charge on any atom is 0.410 e. The van der Waals surface area contributed by atoms with Gasteiger partial charge in [0.05, 0.1) is 5.54 Å². The summed E-state index contributed by atoms with van der Waals surface area (Å²) in [5.74, 6) is 0. The third-order valence-electron chi connectivity index (χ3n) is 3.68. The summed E-state index contributed by atoms with van der Waals surface area (Å²) >= 11 is 0. The molecule has 1 aliphatic heterocycles. The average Bonchev–Trinajstić information content (AvgIpc) is 2.34. The average molecular weight is 272 g/mol. The van der Waals surface area contributed by atoms with E-state index in [4.69, 9.17) is 9.47 Å². The van der Waals surface area contributed by atoms with Gasteiger partial charge in [0.25, 0.3) is 0 Å². The molecule has 0 unspecified atom stereocenters. The number of rotatable bonds is 4. The minimum Gasteiger partial charge on any atom is -0.444 e. The van der Waals surface area contributed by atoms with E-state index >= 15 is 0 Å². The summed E-state index contributed by atoms with van der Waals surface area (Å²) in [5, 5.41) is 3.34. The Bertz CT molecular complexity index is 294. The lowest BCUT2D eigenvalue weighted by molar-refractivity contribution is -0.0103. The van der Waals surface area contributed by atoms with Crippen molar-refractivity contribution in [3.05, 3.63) is 0 Å². The first-order valence-electron chi connectivity index (χ1n) is 6.97. The van der Waals surface area contributed by atoms with Gasteiger partial charge in [0.2, 0.25) is 0 Å². The molecule has 0 radical (unpaired) electrons. The van der Waals surface area contributed by atoms with E-state index in [0.29, 0.717) is 6.61 Å². The minimum absolute atomic E-state index is 0.149. The van der Waals surface area contributed by atoms with Gasteiger partial charge in [0.1, 0.15) is 5.60 Å². The lowest BCUT2D eigenvalue weighted by Gasteiger charge is -2.45. The van der Waals surface area contributed by atoms with E-state index < -0.39 is 5.60 Å². The fourth-order valence-electron chi connectivity index (χ4n) is 2.46. The number of methoxy groups -OCH3 is 1. The molecule has 0 bridgehead atoms. The molecule has 1 aliphatic rings. The van der Waals surface area contributed by atoms with Crippen molar-refractivity contribution >= 4 is 6.09 Å². The highest BCUT2D eigenvalue weighted by atomic mass is 16.6. The summed E-state index contributed by atoms with van der Waals surface area (Å²) in [5.41, 5.74) is -0.607. The number of amides is 1. The first kappa shape index (κ1) is 16.2. The second-order valence-electron chi connectivity index (χ2n) is 6.26. The van der Waals surface area contributed by atoms with E-state index in [9.17, 15) is 4.79 Å². The Kier molecular flexibility index (Phi) is 5.62. The normalized spacial score (nSPS) is 19.0. The van der Waals surface area contributed by atoms with Gasteiger partial charge in [-0.25, -0.2) is 4.79 Å². The van der Waals surface area contributed by atoms with Crippen molar-refractivity contribution in [1.82, 2.24) is 10.2 Å². The van der Waals surface area contributed by atoms with E-state index in [1.807, 2.05) is 27.8 Å². The van der Waals surface area contributed by atoms with Gasteiger partial charge in [-0.1, -0.05) is 0 Å². The SMILES string of the molecule is COCCC1(N(C)C(=O)OC(C)(C)C)CCNCC1. The summed E-state index contributed by atoms with van der Waals surface area (Å²) in [4.78, 5) is 14.0. The molecule has 112 valence electrons. The van der Waals surface area contributed by atoms with Gasteiger partial charge >= 0.3 is 6.09 Å². The molecule has 0 spiro atoms. The second-order valence-corrected chi connectivity index (χ2v) is 6.26. The highest BCUT2D eigenvalue weighted by molar-refractivity contribution is 5.69. The molecule has 1 heterocycles. The van der Waals surface area contributed by atoms with E-state index in [1.165, 1.54) is 0 Å². The van der Waals surface area contributed by atoms with E-state index in [1.54, 1.807) is 12.0 Å². The molecule has 5 nitrogen and oxygen atoms in total. The minimum atomic E-state index is -0.458. The van der Waals surface area contributed by atoms with Gasteiger partial charge in [-0.15, -0.1) is 0 Å². The molecule has 19 heavy (non-hydrogen) atoms. The van der Waals surface area contributed by atoms with Crippen molar-refractivity contribution in [3.8, 4) is 0 Å². The zero-order valence-corrected chi connectivity index (χ0v) is 12.9. The van der Waals surface area contributed by atoms with E-state index in [-0.39, 0.29) is 11.6 Å². The molecule has 1 fully saturated rings. The maximum absolute atomic E-state index is 12.3. The zero-order valence-electron chi connectivity index (χ0n) is 12.9. The van der Waals surface area contributed by atoms with Gasteiger partial charge in [-0.2, -0.15) is 0 Å². The van der Waals surface area contributed by atoms with Crippen LogP contribution in [0.5, 0.6) is 0 Å². The van der Waals surface area contributed by atoms with Crippen LogP contribution in [0.3, 0.4) is 0 Å². The second kappa shape index (κ2) is 6.57. The van der Waals surface area contributed by atoms with Gasteiger partial charge < -0.3 is 19.7 Å². The molecule has 1 saturated heterocycles. The molecular weight excluding hydrogens is 244 g/mol. The Morgan fingerprint density at radius 2 is 1.89 bits per heavy atom. The van der Waals surface area contributed by atoms with Crippen LogP contribution in [0.25, 0.3) is 0 Å². The summed E-state index contributed by atoms with van der Waals surface area (Å²) in [7, 11) is 3.54. The van der Waals surface area contributed by atoms with Crippen molar-refractivity contribution in [3.63, 3.8) is 0 Å². The first-order valence-corrected chi connectivity index (χ1v) is 6.97. The number of ether oxygens (including phenoxy) is 2. The molecule has 0 aliphatic carbocycles. The maximum atomic E-state index is 12.3. The van der Waals surface area contributed by atoms with Crippen LogP contribution in [0.15, 0.2) is 0 Å². The van der Waals surface area contributed by atoms with Gasteiger partial charge in [0, 0.05) is 20.8 Å². The third-order valence-corrected chi connectivity index (χ3v) is 3.68. The van der Waals surface area contributed by atoms with Crippen molar-refractivity contribution in [1.29, 1.82) is 0 Å². The molecule has 0 aromatic rings. The van der Waals surface area contributed by atoms with Crippen LogP contribution in [0.2, 0.25) is 0 Å². The molecule has 0 saturated carbocycles. The largest absolute Gasteiger partial charge is 0.444 e. The van der Waals surface area contributed by atoms with E-state index in [2.05, 4.69) is 5.32 Å². The molecule has 0 atom stereocenters. The van der Waals surface area contributed by atoms with Crippen molar-refractivity contribution < 1.29 is 14.3 Å². The predicted octanol–water partition coefficient (Wildman–Crippen LogP) is 2.01. The van der Waals surface area contributed by atoms with Gasteiger partial charge in [-0.3, -0.25) is 0 Å². The van der Waals surface area contributed by atoms with Crippen LogP contribution in [0.4, 0.5) is 4.79 Å². The van der Waals surface area contributed by atoms with Crippen molar-refractivity contribution in [2.45, 2.75) is 51.2 Å². The third kappa shape index (κ3) is 4.66. The topological polar surface area (TPSA) is 50.8 Å². The first-order chi connectivity index (χ1) is 8.81. The molecule has 0 aromatic heterocycles. The Morgan fingerprint density at radius 1 is 1.32 bits per heavy atom. The standard InChI is InChI=1S/C14H28N2O3/c1-13(2,3)19-12(17)16(4)14(8-11-18-5)6-9-15-10-7-14/h15H,6-11H2,1-5H3. The quantitative estimate of drug-likeness (QED) is 0.850. The Labute approximate surface area is 116 Å². The summed E-state index contributed by atoms with van der Waals surface area (Å²) < 4.78 is 10.7. The fraction of sp³-hybridized carbons (Fsp3) is 0.929. The van der Waals surface area contributed by atoms with Crippen LogP contribution in [0, 0.1) is 0 Å². The molecule has 5 heteroatoms. The van der Waals surface area contributed by atoms with Crippen LogP contribution in [-0.2, 0) is 9.47 Å². The summed E-state index contributed by atoms with van der Waals surface area (Å²) in [6.45, 7) is 8.19. The number of carbonyl (C=O) groups excluding carboxylic acids is 1. The number of hydrogen-bond acceptors (Lipinski definition) is 4. The Morgan fingerprint density at radius 3 is 2.37 bits per heavy atom. The molecule has 1 amide bonds. The number of piperidine rings is 1. The van der Waals surface area contributed by atoms with Gasteiger partial charge in [-0.05, 0) is 53.1 Å².